The highest BCUT2D eigenvalue weighted by Gasteiger charge is 2.12. The third-order valence-electron chi connectivity index (χ3n) is 2.34. The van der Waals surface area contributed by atoms with E-state index in [0.29, 0.717) is 17.2 Å². The van der Waals surface area contributed by atoms with Gasteiger partial charge in [0, 0.05) is 6.04 Å². The van der Waals surface area contributed by atoms with Crippen LogP contribution in [0.1, 0.15) is 39.6 Å². The third kappa shape index (κ3) is 4.45. The van der Waals surface area contributed by atoms with Crippen molar-refractivity contribution in [3.63, 3.8) is 0 Å². The Balaban J connectivity index is 2.45. The molecule has 16 heavy (non-hydrogen) atoms. The Morgan fingerprint density at radius 3 is 2.44 bits per heavy atom. The van der Waals surface area contributed by atoms with E-state index in [1.54, 1.807) is 0 Å². The topological polar surface area (TPSA) is 47.0 Å². The standard InChI is InChI=1S/C11H21N3OS/c1-7(2)9(5)15-11-14-13-10(16-11)6-12-8(3)4/h7-9,12H,6H2,1-5H3. The number of rotatable bonds is 6. The van der Waals surface area contributed by atoms with Gasteiger partial charge in [-0.3, -0.25) is 0 Å². The molecule has 0 bridgehead atoms. The summed E-state index contributed by atoms with van der Waals surface area (Å²) in [6.07, 6.45) is 0.179. The minimum Gasteiger partial charge on any atom is -0.466 e. The molecule has 1 heterocycles. The van der Waals surface area contributed by atoms with Crippen molar-refractivity contribution in [2.45, 2.75) is 53.3 Å². The quantitative estimate of drug-likeness (QED) is 0.833. The van der Waals surface area contributed by atoms with Crippen molar-refractivity contribution in [2.75, 3.05) is 0 Å². The van der Waals surface area contributed by atoms with Gasteiger partial charge in [-0.1, -0.05) is 44.1 Å². The Bertz CT molecular complexity index is 312. The summed E-state index contributed by atoms with van der Waals surface area (Å²) in [5.74, 6) is 0.487. The highest BCUT2D eigenvalue weighted by molar-refractivity contribution is 7.13. The van der Waals surface area contributed by atoms with Gasteiger partial charge in [0.15, 0.2) is 0 Å². The summed E-state index contributed by atoms with van der Waals surface area (Å²) in [6, 6.07) is 0.461. The van der Waals surface area contributed by atoms with Crippen molar-refractivity contribution in [1.29, 1.82) is 0 Å². The van der Waals surface area contributed by atoms with E-state index in [0.717, 1.165) is 11.6 Å². The van der Waals surface area contributed by atoms with E-state index in [9.17, 15) is 0 Å². The van der Waals surface area contributed by atoms with E-state index in [4.69, 9.17) is 4.74 Å². The van der Waals surface area contributed by atoms with Crippen LogP contribution in [0.5, 0.6) is 5.19 Å². The second kappa shape index (κ2) is 6.15. The predicted molar refractivity (Wildman–Crippen MR) is 66.8 cm³/mol. The molecule has 0 saturated carbocycles. The summed E-state index contributed by atoms with van der Waals surface area (Å²) >= 11 is 1.51. The van der Waals surface area contributed by atoms with Gasteiger partial charge in [-0.25, -0.2) is 0 Å². The van der Waals surface area contributed by atoms with Gasteiger partial charge in [0.1, 0.15) is 11.1 Å². The van der Waals surface area contributed by atoms with Gasteiger partial charge in [0.05, 0.1) is 6.54 Å². The van der Waals surface area contributed by atoms with Gasteiger partial charge in [-0.05, 0) is 12.8 Å². The van der Waals surface area contributed by atoms with Crippen molar-refractivity contribution in [1.82, 2.24) is 15.5 Å². The van der Waals surface area contributed by atoms with E-state index in [1.807, 2.05) is 0 Å². The van der Waals surface area contributed by atoms with Crippen molar-refractivity contribution in [2.24, 2.45) is 5.92 Å². The van der Waals surface area contributed by atoms with Gasteiger partial charge in [-0.2, -0.15) is 0 Å². The van der Waals surface area contributed by atoms with Crippen LogP contribution in [0.3, 0.4) is 0 Å². The molecule has 1 unspecified atom stereocenters. The fourth-order valence-electron chi connectivity index (χ4n) is 0.944. The van der Waals surface area contributed by atoms with Crippen LogP contribution in [0.15, 0.2) is 0 Å². The van der Waals surface area contributed by atoms with Crippen LogP contribution < -0.4 is 10.1 Å². The molecule has 1 N–H and O–H groups in total. The molecule has 0 aliphatic carbocycles. The number of aromatic nitrogens is 2. The molecule has 1 rings (SSSR count). The predicted octanol–water partition coefficient (Wildman–Crippen LogP) is 2.46. The van der Waals surface area contributed by atoms with E-state index in [-0.39, 0.29) is 6.10 Å². The van der Waals surface area contributed by atoms with E-state index < -0.39 is 0 Å². The highest BCUT2D eigenvalue weighted by Crippen LogP contribution is 2.20. The lowest BCUT2D eigenvalue weighted by molar-refractivity contribution is 0.168. The zero-order valence-electron chi connectivity index (χ0n) is 10.7. The van der Waals surface area contributed by atoms with Gasteiger partial charge < -0.3 is 10.1 Å². The monoisotopic (exact) mass is 243 g/mol. The first-order valence-electron chi connectivity index (χ1n) is 5.71. The summed E-state index contributed by atoms with van der Waals surface area (Å²) in [5, 5.41) is 13.0. The zero-order chi connectivity index (χ0) is 12.1. The Morgan fingerprint density at radius 2 is 1.88 bits per heavy atom. The summed E-state index contributed by atoms with van der Waals surface area (Å²) in [4.78, 5) is 0. The van der Waals surface area contributed by atoms with Crippen molar-refractivity contribution < 1.29 is 4.74 Å². The van der Waals surface area contributed by atoms with Crippen LogP contribution in [-0.2, 0) is 6.54 Å². The molecule has 5 heteroatoms. The largest absolute Gasteiger partial charge is 0.466 e. The fourth-order valence-corrected chi connectivity index (χ4v) is 1.66. The molecule has 92 valence electrons. The Morgan fingerprint density at radius 1 is 1.19 bits per heavy atom. The third-order valence-corrected chi connectivity index (χ3v) is 3.15. The summed E-state index contributed by atoms with van der Waals surface area (Å²) in [6.45, 7) is 11.3. The van der Waals surface area contributed by atoms with Gasteiger partial charge in [0.2, 0.25) is 0 Å². The maximum absolute atomic E-state index is 5.68. The summed E-state index contributed by atoms with van der Waals surface area (Å²) < 4.78 is 5.68. The lowest BCUT2D eigenvalue weighted by Crippen LogP contribution is -2.21. The maximum atomic E-state index is 5.68. The molecule has 1 atom stereocenters. The number of ether oxygens (including phenoxy) is 1. The van der Waals surface area contributed by atoms with Crippen LogP contribution in [0.2, 0.25) is 0 Å². The fraction of sp³-hybridized carbons (Fsp3) is 0.818. The number of hydrogen-bond donors (Lipinski definition) is 1. The second-order valence-corrected chi connectivity index (χ2v) is 5.59. The number of nitrogens with zero attached hydrogens (tertiary/aromatic N) is 2. The number of nitrogens with one attached hydrogen (secondary N) is 1. The molecular formula is C11H21N3OS. The van der Waals surface area contributed by atoms with Crippen molar-refractivity contribution in [3.8, 4) is 5.19 Å². The SMILES string of the molecule is CC(C)NCc1nnc(OC(C)C(C)C)s1. The van der Waals surface area contributed by atoms with Gasteiger partial charge >= 0.3 is 0 Å². The molecular weight excluding hydrogens is 222 g/mol. The molecule has 0 aliphatic heterocycles. The Kier molecular flexibility index (Phi) is 5.15. The molecule has 0 amide bonds. The molecule has 4 nitrogen and oxygen atoms in total. The lowest BCUT2D eigenvalue weighted by Gasteiger charge is -2.14. The average molecular weight is 243 g/mol. The van der Waals surface area contributed by atoms with Crippen LogP contribution in [0.25, 0.3) is 0 Å². The van der Waals surface area contributed by atoms with E-state index in [2.05, 4.69) is 50.1 Å². The molecule has 0 radical (unpaired) electrons. The maximum Gasteiger partial charge on any atom is 0.294 e. The normalized spacial score (nSPS) is 13.4. The first kappa shape index (κ1) is 13.4. The molecule has 1 aromatic rings. The Labute approximate surface area is 101 Å². The summed E-state index contributed by atoms with van der Waals surface area (Å²) in [5.41, 5.74) is 0. The van der Waals surface area contributed by atoms with Gasteiger partial charge in [0.25, 0.3) is 5.19 Å². The minimum absolute atomic E-state index is 0.179. The minimum atomic E-state index is 0.179. The van der Waals surface area contributed by atoms with Crippen molar-refractivity contribution in [3.05, 3.63) is 5.01 Å². The molecule has 0 aromatic carbocycles. The smallest absolute Gasteiger partial charge is 0.294 e. The Hall–Kier alpha value is -0.680. The highest BCUT2D eigenvalue weighted by atomic mass is 32.1. The average Bonchev–Trinajstić information content (AvgIpc) is 2.62. The molecule has 0 aliphatic rings. The lowest BCUT2D eigenvalue weighted by atomic mass is 10.1. The van der Waals surface area contributed by atoms with Crippen LogP contribution >= 0.6 is 11.3 Å². The first-order chi connectivity index (χ1) is 7.49. The second-order valence-electron chi connectivity index (χ2n) is 4.56. The molecule has 1 aromatic heterocycles. The van der Waals surface area contributed by atoms with Crippen LogP contribution in [-0.4, -0.2) is 22.3 Å². The zero-order valence-corrected chi connectivity index (χ0v) is 11.5. The number of hydrogen-bond acceptors (Lipinski definition) is 5. The van der Waals surface area contributed by atoms with Gasteiger partial charge in [-0.15, -0.1) is 5.10 Å². The van der Waals surface area contributed by atoms with Crippen molar-refractivity contribution >= 4 is 11.3 Å². The molecule has 0 fully saturated rings. The molecule has 0 spiro atoms. The van der Waals surface area contributed by atoms with Crippen LogP contribution in [0, 0.1) is 5.92 Å². The first-order valence-corrected chi connectivity index (χ1v) is 6.53. The van der Waals surface area contributed by atoms with E-state index in [1.165, 1.54) is 11.3 Å². The summed E-state index contributed by atoms with van der Waals surface area (Å²) in [7, 11) is 0. The van der Waals surface area contributed by atoms with E-state index >= 15 is 0 Å². The molecule has 0 saturated heterocycles. The van der Waals surface area contributed by atoms with Crippen LogP contribution in [0.4, 0.5) is 0 Å².